The SMILES string of the molecule is CC.CC.CC.CC.CC.CC.CCC.CCCC.c1cc2ccc3cccc4ccc(c1)c2c34.c1ccc2c(c1)-c1ccccc1C21c2ccccc2-c2ccccc21.c1ccc2c(c1)Cc1ccccc1-2.c1ccc2c(c1)ccc1ccc3ccccc3c12.c1ccc2c(c1)ccc1ccccc12.c1ccc2cc3c(ccc4ccccc43)cc2c1.c1ccc2ccccc2c1.c1ccccc1. The molecular formula is C139H138. The zero-order valence-electron chi connectivity index (χ0n) is 84.7. The molecular weight excluding hydrogens is 1670 g/mol. The molecule has 0 heterocycles. The molecule has 0 aromatic heterocycles. The fourth-order valence-corrected chi connectivity index (χ4v) is 18.7. The van der Waals surface area contributed by atoms with Gasteiger partial charge in [-0.05, 0) is 215 Å². The first kappa shape index (κ1) is 103. The molecule has 24 aromatic rings. The second-order valence-corrected chi connectivity index (χ2v) is 32.8. The van der Waals surface area contributed by atoms with Crippen LogP contribution >= 0.6 is 0 Å². The van der Waals surface area contributed by atoms with Crippen molar-refractivity contribution in [1.29, 1.82) is 0 Å². The van der Waals surface area contributed by atoms with Crippen molar-refractivity contribution in [2.75, 3.05) is 0 Å². The van der Waals surface area contributed by atoms with E-state index in [1.807, 2.05) is 119 Å². The van der Waals surface area contributed by atoms with Crippen LogP contribution in [0.2, 0.25) is 0 Å². The van der Waals surface area contributed by atoms with Crippen LogP contribution in [-0.4, -0.2) is 0 Å². The molecule has 0 saturated heterocycles. The number of benzene rings is 24. The highest BCUT2D eigenvalue weighted by Gasteiger charge is 2.51. The second kappa shape index (κ2) is 53.2. The number of unbranched alkanes of at least 4 members (excludes halogenated alkanes) is 1. The number of hydrogen-bond acceptors (Lipinski definition) is 0. The minimum atomic E-state index is -0.180. The first-order valence-corrected chi connectivity index (χ1v) is 51.0. The molecule has 27 rings (SSSR count). The van der Waals surface area contributed by atoms with E-state index in [0.29, 0.717) is 0 Å². The van der Waals surface area contributed by atoms with E-state index in [4.69, 9.17) is 0 Å². The predicted molar refractivity (Wildman–Crippen MR) is 622 cm³/mol. The van der Waals surface area contributed by atoms with Gasteiger partial charge in [-0.1, -0.05) is 615 Å². The molecule has 0 bridgehead atoms. The second-order valence-electron chi connectivity index (χ2n) is 32.8. The fourth-order valence-electron chi connectivity index (χ4n) is 18.7. The van der Waals surface area contributed by atoms with E-state index in [1.54, 1.807) is 0 Å². The van der Waals surface area contributed by atoms with E-state index < -0.39 is 0 Å². The lowest BCUT2D eigenvalue weighted by Gasteiger charge is -2.30. The van der Waals surface area contributed by atoms with Gasteiger partial charge in [0.1, 0.15) is 0 Å². The quantitative estimate of drug-likeness (QED) is 0.114. The third kappa shape index (κ3) is 23.5. The maximum absolute atomic E-state index is 2.31. The zero-order chi connectivity index (χ0) is 98.1. The smallest absolute Gasteiger partial charge is 0.0683 e. The topological polar surface area (TPSA) is 0 Å². The van der Waals surface area contributed by atoms with E-state index in [-0.39, 0.29) is 5.41 Å². The third-order valence-electron chi connectivity index (χ3n) is 24.7. The van der Waals surface area contributed by atoms with Crippen LogP contribution in [0.25, 0.3) is 163 Å². The van der Waals surface area contributed by atoms with Crippen LogP contribution < -0.4 is 0 Å². The Balaban J connectivity index is 0.000000141. The van der Waals surface area contributed by atoms with Crippen LogP contribution in [0.4, 0.5) is 0 Å². The zero-order valence-corrected chi connectivity index (χ0v) is 84.7. The van der Waals surface area contributed by atoms with E-state index >= 15 is 0 Å². The molecule has 24 aromatic carbocycles. The van der Waals surface area contributed by atoms with Crippen molar-refractivity contribution < 1.29 is 0 Å². The van der Waals surface area contributed by atoms with Crippen molar-refractivity contribution in [3.05, 3.63) is 531 Å². The molecule has 0 aliphatic heterocycles. The molecule has 1 spiro atoms. The van der Waals surface area contributed by atoms with E-state index in [0.717, 1.165) is 6.42 Å². The molecule has 694 valence electrons. The average molecular weight is 1810 g/mol. The Morgan fingerprint density at radius 2 is 0.353 bits per heavy atom. The Labute approximate surface area is 829 Å². The lowest BCUT2D eigenvalue weighted by atomic mass is 9.70. The van der Waals surface area contributed by atoms with Crippen LogP contribution in [0.3, 0.4) is 0 Å². The lowest BCUT2D eigenvalue weighted by molar-refractivity contribution is 0.794. The Hall–Kier alpha value is -15.3. The minimum Gasteiger partial charge on any atom is -0.0683 e. The monoisotopic (exact) mass is 1810 g/mol. The molecule has 3 aliphatic rings. The minimum absolute atomic E-state index is 0.180. The van der Waals surface area contributed by atoms with Crippen molar-refractivity contribution >= 4 is 129 Å². The largest absolute Gasteiger partial charge is 0.0725 e. The Morgan fingerprint density at radius 3 is 0.655 bits per heavy atom. The summed E-state index contributed by atoms with van der Waals surface area (Å²) < 4.78 is 0. The van der Waals surface area contributed by atoms with Gasteiger partial charge in [0.25, 0.3) is 0 Å². The number of fused-ring (bicyclic) bond motifs is 26. The molecule has 0 nitrogen and oxygen atoms in total. The average Bonchev–Trinajstić information content (AvgIpc) is 1.51. The van der Waals surface area contributed by atoms with Gasteiger partial charge >= 0.3 is 0 Å². The summed E-state index contributed by atoms with van der Waals surface area (Å²) in [7, 11) is 0. The summed E-state index contributed by atoms with van der Waals surface area (Å²) in [4.78, 5) is 0. The fraction of sp³-hybridized carbons (Fsp3) is 0.151. The van der Waals surface area contributed by atoms with Crippen LogP contribution in [0.15, 0.2) is 497 Å². The Bertz CT molecular complexity index is 7300. The molecule has 0 radical (unpaired) electrons. The van der Waals surface area contributed by atoms with Crippen molar-refractivity contribution in [3.8, 4) is 33.4 Å². The Morgan fingerprint density at radius 1 is 0.151 bits per heavy atom. The number of hydrogen-bond donors (Lipinski definition) is 0. The van der Waals surface area contributed by atoms with Gasteiger partial charge in [-0.2, -0.15) is 0 Å². The molecule has 139 heavy (non-hydrogen) atoms. The van der Waals surface area contributed by atoms with Gasteiger partial charge in [0.05, 0.1) is 5.41 Å². The van der Waals surface area contributed by atoms with Gasteiger partial charge < -0.3 is 0 Å². The van der Waals surface area contributed by atoms with E-state index in [2.05, 4.69) is 489 Å². The summed E-state index contributed by atoms with van der Waals surface area (Å²) in [6, 6.07) is 177. The van der Waals surface area contributed by atoms with Gasteiger partial charge in [0, 0.05) is 0 Å². The van der Waals surface area contributed by atoms with Crippen LogP contribution in [0, 0.1) is 0 Å². The third-order valence-corrected chi connectivity index (χ3v) is 24.7. The summed E-state index contributed by atoms with van der Waals surface area (Å²) in [5, 5.41) is 31.9. The van der Waals surface area contributed by atoms with Crippen molar-refractivity contribution in [2.45, 2.75) is 142 Å². The van der Waals surface area contributed by atoms with Gasteiger partial charge in [0.15, 0.2) is 0 Å². The maximum atomic E-state index is 2.31. The molecule has 0 heteroatoms. The molecule has 3 aliphatic carbocycles. The lowest BCUT2D eigenvalue weighted by Crippen LogP contribution is -2.25. The van der Waals surface area contributed by atoms with Gasteiger partial charge in [0.2, 0.25) is 0 Å². The first-order chi connectivity index (χ1) is 68.9. The summed E-state index contributed by atoms with van der Waals surface area (Å²) in [5.41, 5.74) is 16.7. The Kier molecular flexibility index (Phi) is 39.3. The highest BCUT2D eigenvalue weighted by Crippen LogP contribution is 2.62. The van der Waals surface area contributed by atoms with E-state index in [9.17, 15) is 0 Å². The first-order valence-electron chi connectivity index (χ1n) is 51.0. The van der Waals surface area contributed by atoms with Crippen molar-refractivity contribution in [1.82, 2.24) is 0 Å². The van der Waals surface area contributed by atoms with Crippen molar-refractivity contribution in [3.63, 3.8) is 0 Å². The standard InChI is InChI=1S/C25H16.2C18H12.C16H10.C14H10.C13H10.C10H8.C6H6.C4H10.C3H8.6C2H6/c1-5-13-21-17(9-1)18-10-2-6-14-22(18)25(21)23-15-7-3-11-19(23)20-12-4-8-16-24(20)25;1-3-7-16-13(5-1)9-11-15-12-10-14-6-2-4-8-17(14)18(15)16;1-2-7-15-12-18-16(11-14(15)6-1)10-9-13-5-3-4-8-17(13)18;1-3-11-7-9-13-5-2-6-14-10-8-12(4-1)15(11)16(13)14;1-3-7-13-11(5-1)9-10-12-6-2-4-8-14(12)13;1-3-7-12-10(5-1)9-11-6-2-4-8-13(11)12;1-2-6-10-8-4-3-7-9(10)5-1;1-2-4-6-5-3-1;1-3-4-2;1-3-2;6*1-2/h1-16H;2*1-12H;1-10H;1-10H;1-8H,9H2;1-8H;1-6H;3-4H2,1-2H3;3H2,1-2H3;6*1-2H3. The van der Waals surface area contributed by atoms with Crippen molar-refractivity contribution in [2.24, 2.45) is 0 Å². The molecule has 0 fully saturated rings. The summed E-state index contributed by atoms with van der Waals surface area (Å²) in [6.07, 6.45) is 4.99. The number of rotatable bonds is 1. The van der Waals surface area contributed by atoms with Gasteiger partial charge in [-0.25, -0.2) is 0 Å². The molecule has 0 saturated carbocycles. The maximum Gasteiger partial charge on any atom is 0.0725 e. The highest BCUT2D eigenvalue weighted by molar-refractivity contribution is 6.23. The van der Waals surface area contributed by atoms with Crippen LogP contribution in [0.1, 0.15) is 163 Å². The highest BCUT2D eigenvalue weighted by atomic mass is 14.5. The summed E-state index contributed by atoms with van der Waals surface area (Å²) >= 11 is 0. The van der Waals surface area contributed by atoms with Crippen LogP contribution in [0.5, 0.6) is 0 Å². The molecule has 0 atom stereocenters. The van der Waals surface area contributed by atoms with Gasteiger partial charge in [-0.3, -0.25) is 0 Å². The molecule has 0 N–H and O–H groups in total. The predicted octanol–water partition coefficient (Wildman–Crippen LogP) is 42.1. The van der Waals surface area contributed by atoms with Gasteiger partial charge in [-0.15, -0.1) is 0 Å². The molecule has 0 amide bonds. The molecule has 0 unspecified atom stereocenters. The summed E-state index contributed by atoms with van der Waals surface area (Å²) in [5.74, 6) is 0. The van der Waals surface area contributed by atoms with E-state index in [1.165, 1.54) is 215 Å². The van der Waals surface area contributed by atoms with Crippen LogP contribution in [-0.2, 0) is 11.8 Å². The normalized spacial score (nSPS) is 10.8. The summed E-state index contributed by atoms with van der Waals surface area (Å²) in [6.45, 7) is 32.6.